The first-order chi connectivity index (χ1) is 10.1. The van der Waals surface area contributed by atoms with Gasteiger partial charge in [0.1, 0.15) is 6.29 Å². The monoisotopic (exact) mass is 345 g/mol. The van der Waals surface area contributed by atoms with Gasteiger partial charge in [-0.25, -0.2) is 9.97 Å². The van der Waals surface area contributed by atoms with E-state index in [-0.39, 0.29) is 5.78 Å². The van der Waals surface area contributed by atoms with Crippen LogP contribution in [-0.4, -0.2) is 34.0 Å². The lowest BCUT2D eigenvalue weighted by atomic mass is 10.3. The molecule has 0 radical (unpaired) electrons. The highest BCUT2D eigenvalue weighted by molar-refractivity contribution is 8.02. The highest BCUT2D eigenvalue weighted by Crippen LogP contribution is 2.28. The summed E-state index contributed by atoms with van der Waals surface area (Å²) in [7, 11) is 0. The number of hydrogen-bond donors (Lipinski definition) is 1. The third kappa shape index (κ3) is 5.90. The Labute approximate surface area is 135 Å². The van der Waals surface area contributed by atoms with Crippen molar-refractivity contribution >= 4 is 53.0 Å². The molecule has 2 rings (SSSR count). The van der Waals surface area contributed by atoms with Crippen molar-refractivity contribution in [3.05, 3.63) is 23.2 Å². The third-order valence-electron chi connectivity index (χ3n) is 1.98. The van der Waals surface area contributed by atoms with Gasteiger partial charge in [0.25, 0.3) is 0 Å². The summed E-state index contributed by atoms with van der Waals surface area (Å²) in [6, 6.07) is 0. The van der Waals surface area contributed by atoms with Crippen molar-refractivity contribution in [2.75, 3.05) is 16.7 Å². The molecule has 2 heterocycles. The van der Waals surface area contributed by atoms with E-state index in [9.17, 15) is 4.79 Å². The summed E-state index contributed by atoms with van der Waals surface area (Å²) in [4.78, 5) is 29.5. The molecule has 0 saturated heterocycles. The number of Topliss-reactive ketones (excluding diaryl/α,β-unsaturated/α-hetero) is 1. The van der Waals surface area contributed by atoms with E-state index in [1.807, 2.05) is 13.2 Å². The van der Waals surface area contributed by atoms with E-state index in [0.717, 1.165) is 21.2 Å². The van der Waals surface area contributed by atoms with E-state index in [1.165, 1.54) is 48.4 Å². The molecule has 114 valence electrons. The fourth-order valence-corrected chi connectivity index (χ4v) is 3.48. The molecule has 1 N–H and O–H groups in total. The van der Waals surface area contributed by atoms with Gasteiger partial charge >= 0.3 is 0 Å². The molecule has 0 aliphatic heterocycles. The molecule has 0 fully saturated rings. The number of carbonyl (C=O) groups is 2. The second-order valence-electron chi connectivity index (χ2n) is 3.56. The minimum Gasteiger partial charge on any atom is -0.427 e. The minimum atomic E-state index is 0.129. The van der Waals surface area contributed by atoms with Crippen molar-refractivity contribution in [2.24, 2.45) is 0 Å². The number of aryl methyl sites for hydroxylation is 1. The maximum atomic E-state index is 11.8. The molecule has 0 spiro atoms. The van der Waals surface area contributed by atoms with Gasteiger partial charge in [-0.1, -0.05) is 0 Å². The fraction of sp³-hybridized carbons (Fsp3) is 0.333. The molecule has 0 atom stereocenters. The van der Waals surface area contributed by atoms with Crippen molar-refractivity contribution in [1.82, 2.24) is 9.97 Å². The predicted molar refractivity (Wildman–Crippen MR) is 87.3 cm³/mol. The van der Waals surface area contributed by atoms with Gasteiger partial charge in [-0.2, -0.15) is 11.8 Å². The number of thioether (sulfide) groups is 1. The van der Waals surface area contributed by atoms with Gasteiger partial charge < -0.3 is 9.21 Å². The standard InChI is InChI=1S/C10H11N3O2S3.C2H4O/c1-6-9(7(14)4-16-2)17-10(12-6)18-13-8-3-11-5-15-8;1-2-3/h3,5,13H,4H2,1-2H3;2H,1H3. The number of thiazole rings is 1. The number of anilines is 1. The van der Waals surface area contributed by atoms with E-state index < -0.39 is 0 Å². The number of oxazole rings is 1. The van der Waals surface area contributed by atoms with Gasteiger partial charge in [0.15, 0.2) is 16.5 Å². The first kappa shape index (κ1) is 17.7. The number of aromatic nitrogens is 2. The first-order valence-corrected chi connectivity index (χ1v) is 8.85. The molecule has 2 aromatic rings. The zero-order valence-corrected chi connectivity index (χ0v) is 14.2. The largest absolute Gasteiger partial charge is 0.427 e. The van der Waals surface area contributed by atoms with Crippen molar-refractivity contribution in [1.29, 1.82) is 0 Å². The molecule has 0 aromatic carbocycles. The molecule has 0 unspecified atom stereocenters. The summed E-state index contributed by atoms with van der Waals surface area (Å²) in [5, 5.41) is 0. The lowest BCUT2D eigenvalue weighted by molar-refractivity contribution is -0.106. The van der Waals surface area contributed by atoms with Crippen LogP contribution in [-0.2, 0) is 4.79 Å². The van der Waals surface area contributed by atoms with E-state index in [0.29, 0.717) is 11.6 Å². The van der Waals surface area contributed by atoms with Crippen molar-refractivity contribution in [2.45, 2.75) is 18.2 Å². The van der Waals surface area contributed by atoms with Gasteiger partial charge in [-0.3, -0.25) is 9.52 Å². The van der Waals surface area contributed by atoms with Crippen LogP contribution in [0.4, 0.5) is 5.88 Å². The number of rotatable bonds is 6. The summed E-state index contributed by atoms with van der Waals surface area (Å²) in [6.45, 7) is 3.29. The molecule has 0 bridgehead atoms. The maximum Gasteiger partial charge on any atom is 0.223 e. The lowest BCUT2D eigenvalue weighted by Crippen LogP contribution is -2.00. The summed E-state index contributed by atoms with van der Waals surface area (Å²) in [5.74, 6) is 1.18. The quantitative estimate of drug-likeness (QED) is 0.485. The van der Waals surface area contributed by atoms with E-state index >= 15 is 0 Å². The molecular formula is C12H15N3O3S3. The lowest BCUT2D eigenvalue weighted by Gasteiger charge is -1.95. The zero-order valence-electron chi connectivity index (χ0n) is 11.8. The number of hydrogen-bond acceptors (Lipinski definition) is 9. The number of nitrogens with one attached hydrogen (secondary N) is 1. The zero-order chi connectivity index (χ0) is 15.7. The Balaban J connectivity index is 0.000000677. The Bertz CT molecular complexity index is 570. The van der Waals surface area contributed by atoms with Crippen LogP contribution >= 0.6 is 35.0 Å². The van der Waals surface area contributed by atoms with E-state index in [4.69, 9.17) is 9.21 Å². The normalized spacial score (nSPS) is 9.67. The van der Waals surface area contributed by atoms with Crippen LogP contribution in [0, 0.1) is 6.92 Å². The van der Waals surface area contributed by atoms with Crippen LogP contribution in [0.3, 0.4) is 0 Å². The third-order valence-corrected chi connectivity index (χ3v) is 4.59. The molecule has 6 nitrogen and oxygen atoms in total. The molecule has 0 amide bonds. The minimum absolute atomic E-state index is 0.129. The van der Waals surface area contributed by atoms with E-state index in [1.54, 1.807) is 6.20 Å². The first-order valence-electron chi connectivity index (χ1n) is 5.83. The molecule has 0 saturated carbocycles. The molecule has 2 aromatic heterocycles. The number of ketones is 1. The van der Waals surface area contributed by atoms with Crippen LogP contribution in [0.5, 0.6) is 0 Å². The second-order valence-corrected chi connectivity index (χ2v) is 6.47. The molecule has 0 aliphatic carbocycles. The van der Waals surface area contributed by atoms with Crippen LogP contribution in [0.25, 0.3) is 0 Å². The summed E-state index contributed by atoms with van der Waals surface area (Å²) in [5.41, 5.74) is 0.779. The van der Waals surface area contributed by atoms with Crippen LogP contribution in [0.15, 0.2) is 21.3 Å². The smallest absolute Gasteiger partial charge is 0.223 e. The average Bonchev–Trinajstić information content (AvgIpc) is 3.07. The summed E-state index contributed by atoms with van der Waals surface area (Å²) < 4.78 is 8.80. The van der Waals surface area contributed by atoms with Crippen molar-refractivity contribution in [3.63, 3.8) is 0 Å². The highest BCUT2D eigenvalue weighted by Gasteiger charge is 2.15. The van der Waals surface area contributed by atoms with Gasteiger partial charge in [-0.05, 0) is 20.1 Å². The predicted octanol–water partition coefficient (Wildman–Crippen LogP) is 3.31. The fourth-order valence-electron chi connectivity index (χ4n) is 1.23. The Hall–Kier alpha value is -1.32. The molecule has 0 aliphatic rings. The van der Waals surface area contributed by atoms with E-state index in [2.05, 4.69) is 14.7 Å². The molecule has 9 heteroatoms. The van der Waals surface area contributed by atoms with Gasteiger partial charge in [0.05, 0.1) is 22.5 Å². The van der Waals surface area contributed by atoms with Crippen molar-refractivity contribution in [3.8, 4) is 0 Å². The topological polar surface area (TPSA) is 85.1 Å². The molecular weight excluding hydrogens is 330 g/mol. The SMILES string of the molecule is CC=O.CSCC(=O)c1sc(SNc2cnco2)nc1C. The molecule has 21 heavy (non-hydrogen) atoms. The Morgan fingerprint density at radius 2 is 2.29 bits per heavy atom. The summed E-state index contributed by atoms with van der Waals surface area (Å²) in [6.07, 6.45) is 5.59. The number of aldehydes is 1. The highest BCUT2D eigenvalue weighted by atomic mass is 32.2. The van der Waals surface area contributed by atoms with Crippen LogP contribution in [0.1, 0.15) is 22.3 Å². The van der Waals surface area contributed by atoms with Crippen molar-refractivity contribution < 1.29 is 14.0 Å². The number of nitrogens with zero attached hydrogens (tertiary/aromatic N) is 2. The maximum absolute atomic E-state index is 11.8. The Kier molecular flexibility index (Phi) is 8.09. The number of carbonyl (C=O) groups excluding carboxylic acids is 2. The van der Waals surface area contributed by atoms with Gasteiger partial charge in [-0.15, -0.1) is 11.3 Å². The Morgan fingerprint density at radius 1 is 1.57 bits per heavy atom. The van der Waals surface area contributed by atoms with Crippen LogP contribution in [0.2, 0.25) is 0 Å². The van der Waals surface area contributed by atoms with Gasteiger partial charge in [0, 0.05) is 11.9 Å². The average molecular weight is 345 g/mol. The van der Waals surface area contributed by atoms with Crippen LogP contribution < -0.4 is 4.72 Å². The second kappa shape index (κ2) is 9.59. The van der Waals surface area contributed by atoms with Gasteiger partial charge in [0.2, 0.25) is 5.88 Å². The summed E-state index contributed by atoms with van der Waals surface area (Å²) >= 11 is 4.22. The Morgan fingerprint density at radius 3 is 2.86 bits per heavy atom.